The fourth-order valence-electron chi connectivity index (χ4n) is 2.54. The third kappa shape index (κ3) is 4.14. The van der Waals surface area contributed by atoms with Crippen LogP contribution in [0.5, 0.6) is 0 Å². The first-order valence-electron chi connectivity index (χ1n) is 6.87. The molecule has 0 radical (unpaired) electrons. The Morgan fingerprint density at radius 2 is 2.06 bits per heavy atom. The number of rotatable bonds is 6. The number of nitrogens with zero attached hydrogens (tertiary/aromatic N) is 1. The molecule has 2 rings (SSSR count). The minimum Gasteiger partial charge on any atom is -0.382 e. The normalized spacial score (nSPS) is 24.6. The number of methoxy groups -OCH3 is 1. The van der Waals surface area contributed by atoms with Gasteiger partial charge in [0.05, 0.1) is 26.4 Å². The van der Waals surface area contributed by atoms with Crippen molar-refractivity contribution < 1.29 is 9.47 Å². The lowest BCUT2D eigenvalue weighted by Gasteiger charge is -2.32. The predicted molar refractivity (Wildman–Crippen MR) is 76.4 cm³/mol. The molecule has 4 nitrogen and oxygen atoms in total. The van der Waals surface area contributed by atoms with Crippen molar-refractivity contribution in [2.24, 2.45) is 4.99 Å². The maximum Gasteiger partial charge on any atom is 0.157 e. The summed E-state index contributed by atoms with van der Waals surface area (Å²) in [5.74, 6) is 1.19. The molecule has 0 amide bonds. The molecule has 2 fully saturated rings. The van der Waals surface area contributed by atoms with E-state index < -0.39 is 0 Å². The second kappa shape index (κ2) is 7.36. The number of aliphatic imine (C=N–C) groups is 1. The van der Waals surface area contributed by atoms with Gasteiger partial charge in [-0.3, -0.25) is 4.99 Å². The van der Waals surface area contributed by atoms with Crippen molar-refractivity contribution in [2.75, 3.05) is 39.2 Å². The number of amidine groups is 1. The molecule has 0 aromatic carbocycles. The summed E-state index contributed by atoms with van der Waals surface area (Å²) >= 11 is 1.87. The van der Waals surface area contributed by atoms with Crippen LogP contribution in [0, 0.1) is 0 Å². The SMILES string of the molecule is COCCOCCN=C1NC2(CCCCC2)CS1. The first-order chi connectivity index (χ1) is 8.85. The van der Waals surface area contributed by atoms with Crippen molar-refractivity contribution in [3.8, 4) is 0 Å². The van der Waals surface area contributed by atoms with Crippen molar-refractivity contribution in [1.29, 1.82) is 0 Å². The number of hydrogen-bond acceptors (Lipinski definition) is 4. The Kier molecular flexibility index (Phi) is 5.79. The van der Waals surface area contributed by atoms with Gasteiger partial charge in [-0.15, -0.1) is 0 Å². The first-order valence-corrected chi connectivity index (χ1v) is 7.85. The van der Waals surface area contributed by atoms with Gasteiger partial charge in [0.25, 0.3) is 0 Å². The zero-order valence-electron chi connectivity index (χ0n) is 11.2. The van der Waals surface area contributed by atoms with Crippen molar-refractivity contribution in [3.63, 3.8) is 0 Å². The fraction of sp³-hybridized carbons (Fsp3) is 0.923. The van der Waals surface area contributed by atoms with E-state index in [2.05, 4.69) is 10.3 Å². The van der Waals surface area contributed by atoms with Gasteiger partial charge in [-0.1, -0.05) is 31.0 Å². The van der Waals surface area contributed by atoms with E-state index in [1.54, 1.807) is 7.11 Å². The Morgan fingerprint density at radius 1 is 1.22 bits per heavy atom. The Hall–Kier alpha value is -0.260. The summed E-state index contributed by atoms with van der Waals surface area (Å²) in [4.78, 5) is 4.57. The van der Waals surface area contributed by atoms with Crippen LogP contribution in [0.4, 0.5) is 0 Å². The van der Waals surface area contributed by atoms with Crippen molar-refractivity contribution in [3.05, 3.63) is 0 Å². The van der Waals surface area contributed by atoms with Crippen molar-refractivity contribution >= 4 is 16.9 Å². The van der Waals surface area contributed by atoms with Gasteiger partial charge in [0, 0.05) is 18.4 Å². The Morgan fingerprint density at radius 3 is 2.83 bits per heavy atom. The van der Waals surface area contributed by atoms with Crippen LogP contribution >= 0.6 is 11.8 Å². The molecular weight excluding hydrogens is 248 g/mol. The molecule has 0 unspecified atom stereocenters. The van der Waals surface area contributed by atoms with Gasteiger partial charge < -0.3 is 14.8 Å². The largest absolute Gasteiger partial charge is 0.382 e. The van der Waals surface area contributed by atoms with E-state index in [9.17, 15) is 0 Å². The zero-order valence-corrected chi connectivity index (χ0v) is 12.1. The molecule has 1 saturated carbocycles. The van der Waals surface area contributed by atoms with E-state index >= 15 is 0 Å². The lowest BCUT2D eigenvalue weighted by atomic mass is 9.83. The average molecular weight is 272 g/mol. The molecule has 1 heterocycles. The van der Waals surface area contributed by atoms with Gasteiger partial charge in [-0.25, -0.2) is 0 Å². The van der Waals surface area contributed by atoms with E-state index in [-0.39, 0.29) is 0 Å². The highest BCUT2D eigenvalue weighted by Crippen LogP contribution is 2.35. The number of nitrogens with one attached hydrogen (secondary N) is 1. The molecule has 2 aliphatic rings. The second-order valence-electron chi connectivity index (χ2n) is 5.05. The second-order valence-corrected chi connectivity index (χ2v) is 6.01. The van der Waals surface area contributed by atoms with E-state index in [1.165, 1.54) is 37.9 Å². The maximum atomic E-state index is 5.40. The zero-order chi connectivity index (χ0) is 12.7. The third-order valence-corrected chi connectivity index (χ3v) is 4.79. The first kappa shape index (κ1) is 14.2. The molecule has 5 heteroatoms. The smallest absolute Gasteiger partial charge is 0.157 e. The van der Waals surface area contributed by atoms with Crippen LogP contribution < -0.4 is 5.32 Å². The van der Waals surface area contributed by atoms with Gasteiger partial charge >= 0.3 is 0 Å². The molecule has 0 bridgehead atoms. The Bertz CT molecular complexity index is 278. The summed E-state index contributed by atoms with van der Waals surface area (Å²) < 4.78 is 10.3. The summed E-state index contributed by atoms with van der Waals surface area (Å²) in [5, 5.41) is 4.76. The highest BCUT2D eigenvalue weighted by molar-refractivity contribution is 8.14. The molecular formula is C13H24N2O2S. The van der Waals surface area contributed by atoms with Gasteiger partial charge in [-0.05, 0) is 12.8 Å². The van der Waals surface area contributed by atoms with Gasteiger partial charge in [0.15, 0.2) is 5.17 Å². The fourth-order valence-corrected chi connectivity index (χ4v) is 3.79. The summed E-state index contributed by atoms with van der Waals surface area (Å²) in [5.41, 5.74) is 0.360. The standard InChI is InChI=1S/C13H24N2O2S/c1-16-9-10-17-8-7-14-12-15-13(11-18-12)5-3-2-4-6-13/h2-11H2,1H3,(H,14,15). The molecule has 0 aromatic heterocycles. The van der Waals surface area contributed by atoms with Crippen LogP contribution in [-0.2, 0) is 9.47 Å². The summed E-state index contributed by atoms with van der Waals surface area (Å²) in [6.45, 7) is 2.75. The highest BCUT2D eigenvalue weighted by atomic mass is 32.2. The molecule has 104 valence electrons. The number of thioether (sulfide) groups is 1. The van der Waals surface area contributed by atoms with Crippen molar-refractivity contribution in [1.82, 2.24) is 5.32 Å². The lowest BCUT2D eigenvalue weighted by Crippen LogP contribution is -2.45. The minimum atomic E-state index is 0.360. The molecule has 0 atom stereocenters. The van der Waals surface area contributed by atoms with Crippen LogP contribution in [0.2, 0.25) is 0 Å². The summed E-state index contributed by atoms with van der Waals surface area (Å²) in [6, 6.07) is 0. The quantitative estimate of drug-likeness (QED) is 0.752. The summed E-state index contributed by atoms with van der Waals surface area (Å²) in [7, 11) is 1.69. The molecule has 1 aliphatic heterocycles. The van der Waals surface area contributed by atoms with Crippen molar-refractivity contribution in [2.45, 2.75) is 37.6 Å². The molecule has 18 heavy (non-hydrogen) atoms. The van der Waals surface area contributed by atoms with E-state index in [0.717, 1.165) is 11.7 Å². The minimum absolute atomic E-state index is 0.360. The topological polar surface area (TPSA) is 42.9 Å². The van der Waals surface area contributed by atoms with Crippen LogP contribution in [0.15, 0.2) is 4.99 Å². The Labute approximate surface area is 114 Å². The average Bonchev–Trinajstić information content (AvgIpc) is 2.78. The lowest BCUT2D eigenvalue weighted by molar-refractivity contribution is 0.0748. The molecule has 1 spiro atoms. The van der Waals surface area contributed by atoms with Crippen LogP contribution in [-0.4, -0.2) is 49.9 Å². The molecule has 1 N–H and O–H groups in total. The molecule has 1 saturated heterocycles. The van der Waals surface area contributed by atoms with Crippen LogP contribution in [0.3, 0.4) is 0 Å². The van der Waals surface area contributed by atoms with E-state index in [0.29, 0.717) is 25.4 Å². The van der Waals surface area contributed by atoms with E-state index in [1.807, 2.05) is 11.8 Å². The number of hydrogen-bond donors (Lipinski definition) is 1. The van der Waals surface area contributed by atoms with Crippen LogP contribution in [0.25, 0.3) is 0 Å². The van der Waals surface area contributed by atoms with Gasteiger partial charge in [0.2, 0.25) is 0 Å². The third-order valence-electron chi connectivity index (χ3n) is 3.59. The highest BCUT2D eigenvalue weighted by Gasteiger charge is 2.37. The molecule has 0 aromatic rings. The van der Waals surface area contributed by atoms with Crippen LogP contribution in [0.1, 0.15) is 32.1 Å². The van der Waals surface area contributed by atoms with E-state index in [4.69, 9.17) is 9.47 Å². The Balaban J connectivity index is 1.65. The van der Waals surface area contributed by atoms with Gasteiger partial charge in [-0.2, -0.15) is 0 Å². The summed E-state index contributed by atoms with van der Waals surface area (Å²) in [6.07, 6.45) is 6.74. The monoisotopic (exact) mass is 272 g/mol. The molecule has 1 aliphatic carbocycles. The van der Waals surface area contributed by atoms with Gasteiger partial charge in [0.1, 0.15) is 0 Å². The predicted octanol–water partition coefficient (Wildman–Crippen LogP) is 2.04. The maximum absolute atomic E-state index is 5.40. The number of ether oxygens (including phenoxy) is 2.